The smallest absolute Gasteiger partial charge is 0.232 e. The minimum absolute atomic E-state index is 0.0610. The second-order valence-corrected chi connectivity index (χ2v) is 7.90. The van der Waals surface area contributed by atoms with E-state index in [-0.39, 0.29) is 11.7 Å². The van der Waals surface area contributed by atoms with Crippen LogP contribution < -0.4 is 4.74 Å². The zero-order valence-corrected chi connectivity index (χ0v) is 13.5. The van der Waals surface area contributed by atoms with E-state index in [4.69, 9.17) is 15.4 Å². The Morgan fingerprint density at radius 2 is 2.11 bits per heavy atom. The molecule has 0 radical (unpaired) electrons. The van der Waals surface area contributed by atoms with Crippen LogP contribution in [0.5, 0.6) is 5.75 Å². The van der Waals surface area contributed by atoms with E-state index < -0.39 is 9.05 Å². The molecule has 0 heterocycles. The molecule has 0 saturated carbocycles. The Hall–Kier alpha value is -0.260. The Bertz CT molecular complexity index is 502. The van der Waals surface area contributed by atoms with Gasteiger partial charge < -0.3 is 4.74 Å². The van der Waals surface area contributed by atoms with E-state index in [0.29, 0.717) is 18.8 Å². The highest BCUT2D eigenvalue weighted by molar-refractivity contribution is 9.10. The molecular formula is C12H16BrClO3S. The van der Waals surface area contributed by atoms with Crippen LogP contribution in [0.1, 0.15) is 18.9 Å². The minimum Gasteiger partial charge on any atom is -0.492 e. The number of rotatable bonds is 6. The summed E-state index contributed by atoms with van der Waals surface area (Å²) >= 11 is 3.41. The van der Waals surface area contributed by atoms with Gasteiger partial charge >= 0.3 is 0 Å². The van der Waals surface area contributed by atoms with Crippen LogP contribution in [0.3, 0.4) is 0 Å². The van der Waals surface area contributed by atoms with Gasteiger partial charge in [0, 0.05) is 16.6 Å². The van der Waals surface area contributed by atoms with E-state index in [1.165, 1.54) is 0 Å². The van der Waals surface area contributed by atoms with Crippen LogP contribution in [-0.2, 0) is 9.05 Å². The fourth-order valence-electron chi connectivity index (χ4n) is 1.50. The summed E-state index contributed by atoms with van der Waals surface area (Å²) in [4.78, 5) is 0. The van der Waals surface area contributed by atoms with Crippen molar-refractivity contribution in [3.63, 3.8) is 0 Å². The van der Waals surface area contributed by atoms with Crippen LogP contribution in [0.25, 0.3) is 0 Å². The summed E-state index contributed by atoms with van der Waals surface area (Å²) in [6.07, 6.45) is 0.704. The van der Waals surface area contributed by atoms with E-state index in [1.54, 1.807) is 0 Å². The first-order chi connectivity index (χ1) is 8.31. The molecule has 3 nitrogen and oxygen atoms in total. The molecule has 0 fully saturated rings. The van der Waals surface area contributed by atoms with Crippen LogP contribution in [0.15, 0.2) is 22.7 Å². The van der Waals surface area contributed by atoms with Gasteiger partial charge in [-0.1, -0.05) is 13.0 Å². The van der Waals surface area contributed by atoms with Crippen LogP contribution in [0, 0.1) is 12.8 Å². The molecule has 0 aliphatic heterocycles. The molecule has 0 aliphatic rings. The molecule has 1 aromatic rings. The number of ether oxygens (including phenoxy) is 1. The van der Waals surface area contributed by atoms with E-state index in [0.717, 1.165) is 10.0 Å². The Kier molecular flexibility index (Phi) is 5.95. The fraction of sp³-hybridized carbons (Fsp3) is 0.500. The lowest BCUT2D eigenvalue weighted by molar-refractivity contribution is 0.256. The fourth-order valence-corrected chi connectivity index (χ4v) is 3.53. The highest BCUT2D eigenvalue weighted by atomic mass is 79.9. The molecule has 18 heavy (non-hydrogen) atoms. The van der Waals surface area contributed by atoms with Crippen molar-refractivity contribution in [2.24, 2.45) is 5.92 Å². The minimum atomic E-state index is -3.48. The summed E-state index contributed by atoms with van der Waals surface area (Å²) < 4.78 is 28.5. The quantitative estimate of drug-likeness (QED) is 0.730. The van der Waals surface area contributed by atoms with Crippen molar-refractivity contribution in [3.8, 4) is 5.75 Å². The first kappa shape index (κ1) is 15.8. The first-order valence-electron chi connectivity index (χ1n) is 5.63. The van der Waals surface area contributed by atoms with Gasteiger partial charge in [-0.2, -0.15) is 0 Å². The van der Waals surface area contributed by atoms with Gasteiger partial charge in [0.15, 0.2) is 0 Å². The molecule has 6 heteroatoms. The van der Waals surface area contributed by atoms with Crippen molar-refractivity contribution in [1.29, 1.82) is 0 Å². The number of hydrogen-bond donors (Lipinski definition) is 0. The zero-order chi connectivity index (χ0) is 13.8. The molecule has 1 unspecified atom stereocenters. The third-order valence-corrected chi connectivity index (χ3v) is 4.44. The largest absolute Gasteiger partial charge is 0.492 e. The van der Waals surface area contributed by atoms with Crippen molar-refractivity contribution in [1.82, 2.24) is 0 Å². The lowest BCUT2D eigenvalue weighted by Gasteiger charge is -2.15. The predicted octanol–water partition coefficient (Wildman–Crippen LogP) is 3.73. The van der Waals surface area contributed by atoms with E-state index in [2.05, 4.69) is 15.9 Å². The van der Waals surface area contributed by atoms with E-state index in [1.807, 2.05) is 32.0 Å². The summed E-state index contributed by atoms with van der Waals surface area (Å²) in [6.45, 7) is 4.24. The van der Waals surface area contributed by atoms with Gasteiger partial charge in [-0.15, -0.1) is 0 Å². The van der Waals surface area contributed by atoms with Crippen molar-refractivity contribution < 1.29 is 13.2 Å². The predicted molar refractivity (Wildman–Crippen MR) is 77.8 cm³/mol. The van der Waals surface area contributed by atoms with Crippen LogP contribution >= 0.6 is 26.6 Å². The lowest BCUT2D eigenvalue weighted by atomic mass is 10.1. The van der Waals surface area contributed by atoms with Gasteiger partial charge in [0.25, 0.3) is 0 Å². The average molecular weight is 356 g/mol. The molecule has 0 N–H and O–H groups in total. The van der Waals surface area contributed by atoms with Crippen molar-refractivity contribution in [2.45, 2.75) is 20.3 Å². The zero-order valence-electron chi connectivity index (χ0n) is 10.3. The van der Waals surface area contributed by atoms with Crippen molar-refractivity contribution in [2.75, 3.05) is 12.4 Å². The molecule has 0 amide bonds. The second-order valence-electron chi connectivity index (χ2n) is 4.22. The third kappa shape index (κ3) is 5.59. The van der Waals surface area contributed by atoms with Gasteiger partial charge in [0.05, 0.1) is 16.8 Å². The number of halogens is 2. The summed E-state index contributed by atoms with van der Waals surface area (Å²) in [5, 5.41) is 0. The molecule has 102 valence electrons. The topological polar surface area (TPSA) is 43.4 Å². The Balaban J connectivity index is 2.62. The molecule has 1 aromatic carbocycles. The molecule has 0 aliphatic carbocycles. The van der Waals surface area contributed by atoms with E-state index >= 15 is 0 Å². The van der Waals surface area contributed by atoms with Gasteiger partial charge in [-0.25, -0.2) is 8.42 Å². The van der Waals surface area contributed by atoms with Crippen molar-refractivity contribution >= 4 is 35.7 Å². The maximum atomic E-state index is 11.0. The molecule has 1 rings (SSSR count). The highest BCUT2D eigenvalue weighted by Gasteiger charge is 2.16. The molecule has 0 saturated heterocycles. The van der Waals surface area contributed by atoms with Crippen LogP contribution in [0.2, 0.25) is 0 Å². The molecule has 0 spiro atoms. The Morgan fingerprint density at radius 3 is 2.61 bits per heavy atom. The highest BCUT2D eigenvalue weighted by Crippen LogP contribution is 2.26. The lowest BCUT2D eigenvalue weighted by Crippen LogP contribution is -2.19. The number of aryl methyl sites for hydroxylation is 1. The number of benzene rings is 1. The van der Waals surface area contributed by atoms with Crippen LogP contribution in [0.4, 0.5) is 0 Å². The van der Waals surface area contributed by atoms with Gasteiger partial charge in [0.1, 0.15) is 5.75 Å². The van der Waals surface area contributed by atoms with E-state index in [9.17, 15) is 8.42 Å². The molecule has 0 bridgehead atoms. The molecule has 1 atom stereocenters. The Labute approximate surface area is 121 Å². The standard InChI is InChI=1S/C12H16BrClO3S/c1-3-10(8-18(14,15)16)7-17-12-5-4-9(2)6-11(12)13/h4-6,10H,3,7-8H2,1-2H3. The van der Waals surface area contributed by atoms with Crippen LogP contribution in [-0.4, -0.2) is 20.8 Å². The van der Waals surface area contributed by atoms with Gasteiger partial charge in [-0.3, -0.25) is 0 Å². The average Bonchev–Trinajstić information content (AvgIpc) is 2.24. The Morgan fingerprint density at radius 1 is 1.44 bits per heavy atom. The molecular weight excluding hydrogens is 340 g/mol. The normalized spacial score (nSPS) is 13.3. The summed E-state index contributed by atoms with van der Waals surface area (Å²) in [6, 6.07) is 5.76. The maximum Gasteiger partial charge on any atom is 0.232 e. The van der Waals surface area contributed by atoms with Gasteiger partial charge in [0.2, 0.25) is 9.05 Å². The summed E-state index contributed by atoms with van der Waals surface area (Å²) in [5.74, 6) is 0.556. The number of hydrogen-bond acceptors (Lipinski definition) is 3. The second kappa shape index (κ2) is 6.78. The van der Waals surface area contributed by atoms with Gasteiger partial charge in [-0.05, 0) is 47.0 Å². The maximum absolute atomic E-state index is 11.0. The SMILES string of the molecule is CCC(COc1ccc(C)cc1Br)CS(=O)(=O)Cl. The first-order valence-corrected chi connectivity index (χ1v) is 8.90. The van der Waals surface area contributed by atoms with Crippen molar-refractivity contribution in [3.05, 3.63) is 28.2 Å². The third-order valence-electron chi connectivity index (χ3n) is 2.57. The summed E-state index contributed by atoms with van der Waals surface area (Å²) in [7, 11) is 1.77. The summed E-state index contributed by atoms with van der Waals surface area (Å²) in [5.41, 5.74) is 1.13. The molecule has 0 aromatic heterocycles. The monoisotopic (exact) mass is 354 g/mol.